The molecule has 0 spiro atoms. The summed E-state index contributed by atoms with van der Waals surface area (Å²) in [6, 6.07) is -0.0229. The second kappa shape index (κ2) is 4.87. The van der Waals surface area contributed by atoms with E-state index in [9.17, 15) is 4.79 Å². The first-order valence-electron chi connectivity index (χ1n) is 6.18. The van der Waals surface area contributed by atoms with Crippen molar-refractivity contribution in [2.75, 3.05) is 6.54 Å². The summed E-state index contributed by atoms with van der Waals surface area (Å²) in [5, 5.41) is 9.67. The molecule has 1 amide bonds. The average Bonchev–Trinajstić information content (AvgIpc) is 3.01. The molecule has 0 aromatic carbocycles. The number of carbonyl (C=O) groups is 1. The highest BCUT2D eigenvalue weighted by Gasteiger charge is 2.40. The van der Waals surface area contributed by atoms with Crippen LogP contribution in [0.25, 0.3) is 0 Å². The van der Waals surface area contributed by atoms with E-state index in [0.717, 1.165) is 31.2 Å². The molecule has 1 heterocycles. The summed E-state index contributed by atoms with van der Waals surface area (Å²) >= 11 is 0. The van der Waals surface area contributed by atoms with Gasteiger partial charge in [0.1, 0.15) is 0 Å². The number of rotatable bonds is 4. The van der Waals surface area contributed by atoms with E-state index in [4.69, 9.17) is 5.73 Å². The van der Waals surface area contributed by atoms with Gasteiger partial charge in [-0.2, -0.15) is 5.10 Å². The Morgan fingerprint density at radius 2 is 2.35 bits per heavy atom. The minimum Gasteiger partial charge on any atom is -0.349 e. The van der Waals surface area contributed by atoms with Gasteiger partial charge in [0.25, 0.3) is 0 Å². The van der Waals surface area contributed by atoms with Gasteiger partial charge in [-0.05, 0) is 19.8 Å². The second-order valence-corrected chi connectivity index (χ2v) is 4.92. The van der Waals surface area contributed by atoms with Gasteiger partial charge < -0.3 is 11.1 Å². The SMILES string of the molecule is CC(NC(=O)C1(CN)CCCC1)c1cn[nH]c1. The van der Waals surface area contributed by atoms with Gasteiger partial charge in [0, 0.05) is 18.3 Å². The molecular weight excluding hydrogens is 216 g/mol. The van der Waals surface area contributed by atoms with E-state index < -0.39 is 0 Å². The van der Waals surface area contributed by atoms with Crippen LogP contribution in [0.3, 0.4) is 0 Å². The zero-order chi connectivity index (χ0) is 12.3. The van der Waals surface area contributed by atoms with Gasteiger partial charge in [-0.3, -0.25) is 9.89 Å². The van der Waals surface area contributed by atoms with Crippen molar-refractivity contribution in [1.29, 1.82) is 0 Å². The van der Waals surface area contributed by atoms with Crippen molar-refractivity contribution >= 4 is 5.91 Å². The molecule has 1 aromatic rings. The third kappa shape index (κ3) is 2.34. The molecule has 1 aliphatic carbocycles. The largest absolute Gasteiger partial charge is 0.349 e. The maximum Gasteiger partial charge on any atom is 0.227 e. The molecule has 4 N–H and O–H groups in total. The standard InChI is InChI=1S/C12H20N4O/c1-9(10-6-14-15-7-10)16-11(17)12(8-13)4-2-3-5-12/h6-7,9H,2-5,8,13H2,1H3,(H,14,15)(H,16,17). The third-order valence-corrected chi connectivity index (χ3v) is 3.80. The smallest absolute Gasteiger partial charge is 0.227 e. The van der Waals surface area contributed by atoms with Crippen molar-refractivity contribution in [2.24, 2.45) is 11.1 Å². The summed E-state index contributed by atoms with van der Waals surface area (Å²) in [6.07, 6.45) is 7.56. The number of amides is 1. The third-order valence-electron chi connectivity index (χ3n) is 3.80. The van der Waals surface area contributed by atoms with Gasteiger partial charge in [0.05, 0.1) is 17.7 Å². The van der Waals surface area contributed by atoms with Gasteiger partial charge >= 0.3 is 0 Å². The zero-order valence-electron chi connectivity index (χ0n) is 10.2. The van der Waals surface area contributed by atoms with Crippen LogP contribution in [0.1, 0.15) is 44.2 Å². The molecule has 1 aromatic heterocycles. The number of hydrogen-bond acceptors (Lipinski definition) is 3. The van der Waals surface area contributed by atoms with E-state index in [-0.39, 0.29) is 17.4 Å². The molecule has 1 fully saturated rings. The molecule has 1 aliphatic rings. The lowest BCUT2D eigenvalue weighted by Gasteiger charge is -2.27. The highest BCUT2D eigenvalue weighted by molar-refractivity contribution is 5.83. The number of H-pyrrole nitrogens is 1. The van der Waals surface area contributed by atoms with Crippen molar-refractivity contribution in [3.63, 3.8) is 0 Å². The molecule has 0 saturated heterocycles. The first-order valence-corrected chi connectivity index (χ1v) is 6.18. The van der Waals surface area contributed by atoms with E-state index >= 15 is 0 Å². The van der Waals surface area contributed by atoms with Crippen LogP contribution in [0.15, 0.2) is 12.4 Å². The van der Waals surface area contributed by atoms with E-state index in [1.54, 1.807) is 12.4 Å². The van der Waals surface area contributed by atoms with Crippen molar-refractivity contribution in [2.45, 2.75) is 38.6 Å². The Morgan fingerprint density at radius 3 is 2.88 bits per heavy atom. The molecule has 0 aliphatic heterocycles. The summed E-state index contributed by atoms with van der Waals surface area (Å²) in [5.74, 6) is 0.0891. The monoisotopic (exact) mass is 236 g/mol. The quantitative estimate of drug-likeness (QED) is 0.732. The minimum absolute atomic E-state index is 0.0229. The molecular formula is C12H20N4O. The van der Waals surface area contributed by atoms with Crippen LogP contribution in [-0.4, -0.2) is 22.6 Å². The predicted molar refractivity (Wildman–Crippen MR) is 65.1 cm³/mol. The number of carbonyl (C=O) groups excluding carboxylic acids is 1. The first kappa shape index (κ1) is 12.1. The van der Waals surface area contributed by atoms with Gasteiger partial charge in [-0.1, -0.05) is 12.8 Å². The Bertz CT molecular complexity index is 368. The van der Waals surface area contributed by atoms with Crippen molar-refractivity contribution in [1.82, 2.24) is 15.5 Å². The summed E-state index contributed by atoms with van der Waals surface area (Å²) in [7, 11) is 0. The lowest BCUT2D eigenvalue weighted by molar-refractivity contribution is -0.131. The Balaban J connectivity index is 2.01. The summed E-state index contributed by atoms with van der Waals surface area (Å²) in [6.45, 7) is 2.40. The number of hydrogen-bond donors (Lipinski definition) is 3. The van der Waals surface area contributed by atoms with Gasteiger partial charge in [-0.15, -0.1) is 0 Å². The summed E-state index contributed by atoms with van der Waals surface area (Å²) < 4.78 is 0. The van der Waals surface area contributed by atoms with Crippen molar-refractivity contribution in [3.8, 4) is 0 Å². The lowest BCUT2D eigenvalue weighted by atomic mass is 9.85. The maximum absolute atomic E-state index is 12.3. The Hall–Kier alpha value is -1.36. The number of aromatic nitrogens is 2. The molecule has 0 bridgehead atoms. The number of aromatic amines is 1. The molecule has 17 heavy (non-hydrogen) atoms. The molecule has 94 valence electrons. The fourth-order valence-corrected chi connectivity index (χ4v) is 2.51. The number of nitrogens with one attached hydrogen (secondary N) is 2. The van der Waals surface area contributed by atoms with Crippen LogP contribution in [0.5, 0.6) is 0 Å². The number of nitrogens with two attached hydrogens (primary N) is 1. The van der Waals surface area contributed by atoms with Crippen LogP contribution in [0, 0.1) is 5.41 Å². The molecule has 1 saturated carbocycles. The lowest BCUT2D eigenvalue weighted by Crippen LogP contribution is -2.44. The molecule has 0 radical (unpaired) electrons. The van der Waals surface area contributed by atoms with Crippen LogP contribution in [-0.2, 0) is 4.79 Å². The van der Waals surface area contributed by atoms with Crippen LogP contribution in [0.4, 0.5) is 0 Å². The van der Waals surface area contributed by atoms with Gasteiger partial charge in [0.2, 0.25) is 5.91 Å². The van der Waals surface area contributed by atoms with Crippen LogP contribution < -0.4 is 11.1 Å². The molecule has 5 nitrogen and oxygen atoms in total. The summed E-state index contributed by atoms with van der Waals surface area (Å²) in [4.78, 5) is 12.3. The topological polar surface area (TPSA) is 83.8 Å². The average molecular weight is 236 g/mol. The molecule has 5 heteroatoms. The van der Waals surface area contributed by atoms with Gasteiger partial charge in [-0.25, -0.2) is 0 Å². The highest BCUT2D eigenvalue weighted by Crippen LogP contribution is 2.37. The Labute approximate surface area is 101 Å². The first-order chi connectivity index (χ1) is 8.18. The maximum atomic E-state index is 12.3. The zero-order valence-corrected chi connectivity index (χ0v) is 10.2. The van der Waals surface area contributed by atoms with E-state index in [1.165, 1.54) is 0 Å². The molecule has 1 atom stereocenters. The van der Waals surface area contributed by atoms with Crippen molar-refractivity contribution in [3.05, 3.63) is 18.0 Å². The fraction of sp³-hybridized carbons (Fsp3) is 0.667. The summed E-state index contributed by atoms with van der Waals surface area (Å²) in [5.41, 5.74) is 6.44. The Kier molecular flexibility index (Phi) is 3.47. The van der Waals surface area contributed by atoms with Crippen LogP contribution in [0.2, 0.25) is 0 Å². The number of nitrogens with zero attached hydrogens (tertiary/aromatic N) is 1. The van der Waals surface area contributed by atoms with Crippen LogP contribution >= 0.6 is 0 Å². The highest BCUT2D eigenvalue weighted by atomic mass is 16.2. The van der Waals surface area contributed by atoms with Gasteiger partial charge in [0.15, 0.2) is 0 Å². The van der Waals surface area contributed by atoms with E-state index in [1.807, 2.05) is 6.92 Å². The molecule has 1 unspecified atom stereocenters. The Morgan fingerprint density at radius 1 is 1.65 bits per heavy atom. The predicted octanol–water partition coefficient (Wildman–Crippen LogP) is 1.11. The second-order valence-electron chi connectivity index (χ2n) is 4.92. The minimum atomic E-state index is -0.335. The molecule has 2 rings (SSSR count). The van der Waals surface area contributed by atoms with E-state index in [0.29, 0.717) is 6.54 Å². The normalized spacial score (nSPS) is 20.1. The fourth-order valence-electron chi connectivity index (χ4n) is 2.51. The van der Waals surface area contributed by atoms with Crippen molar-refractivity contribution < 1.29 is 4.79 Å². The van der Waals surface area contributed by atoms with E-state index in [2.05, 4.69) is 15.5 Å².